The van der Waals surface area contributed by atoms with Crippen LogP contribution in [0.5, 0.6) is 5.75 Å². The topological polar surface area (TPSA) is 9.23 Å². The average molecular weight is 220 g/mol. The molecule has 0 spiro atoms. The molecule has 0 unspecified atom stereocenters. The maximum atomic E-state index is 5.21. The summed E-state index contributed by atoms with van der Waals surface area (Å²) in [6, 6.07) is 7.90. The molecule has 2 heteroatoms. The van der Waals surface area contributed by atoms with E-state index >= 15 is 0 Å². The summed E-state index contributed by atoms with van der Waals surface area (Å²) < 4.78 is 6.50. The second-order valence-corrected chi connectivity index (χ2v) is 3.89. The van der Waals surface area contributed by atoms with Gasteiger partial charge in [-0.15, -0.1) is 0 Å². The number of hydrogen-bond donors (Lipinski definition) is 0. The van der Waals surface area contributed by atoms with Crippen molar-refractivity contribution in [1.29, 1.82) is 0 Å². The molecule has 0 N–H and O–H groups in total. The van der Waals surface area contributed by atoms with Crippen LogP contribution in [0.2, 0.25) is 0 Å². The summed E-state index contributed by atoms with van der Waals surface area (Å²) in [5.41, 5.74) is 0. The van der Waals surface area contributed by atoms with Gasteiger partial charge in [-0.1, -0.05) is 0 Å². The first-order valence-electron chi connectivity index (χ1n) is 3.50. The van der Waals surface area contributed by atoms with E-state index in [1.54, 1.807) is 0 Å². The van der Waals surface area contributed by atoms with E-state index in [1.807, 2.05) is 24.3 Å². The van der Waals surface area contributed by atoms with Gasteiger partial charge in [0.05, 0.1) is 0 Å². The Morgan fingerprint density at radius 1 is 1.42 bits per heavy atom. The quantitative estimate of drug-likeness (QED) is 0.531. The molecule has 0 amide bonds. The van der Waals surface area contributed by atoms with Gasteiger partial charge >= 0.3 is 78.7 Å². The van der Waals surface area contributed by atoms with Gasteiger partial charge in [0.25, 0.3) is 0 Å². The van der Waals surface area contributed by atoms with Gasteiger partial charge in [0, 0.05) is 0 Å². The Morgan fingerprint density at radius 3 is 2.58 bits per heavy atom. The van der Waals surface area contributed by atoms with Crippen LogP contribution in [-0.2, 0) is 0 Å². The van der Waals surface area contributed by atoms with Crippen LogP contribution in [0, 0.1) is 12.3 Å². The third-order valence-corrected chi connectivity index (χ3v) is 2.73. The summed E-state index contributed by atoms with van der Waals surface area (Å²) in [4.78, 5) is 0. The Balaban J connectivity index is 2.66. The number of ether oxygens (including phenoxy) is 1. The van der Waals surface area contributed by atoms with Gasteiger partial charge in [0.1, 0.15) is 0 Å². The minimum absolute atomic E-state index is 0.0647. The monoisotopic (exact) mass is 220 g/mol. The maximum absolute atomic E-state index is 5.21. The second kappa shape index (κ2) is 4.80. The molecule has 1 nitrogen and oxygen atoms in total. The van der Waals surface area contributed by atoms with Crippen molar-refractivity contribution < 1.29 is 4.74 Å². The van der Waals surface area contributed by atoms with E-state index in [-0.39, 0.29) is 15.3 Å². The molecule has 1 aromatic carbocycles. The molecule has 0 saturated carbocycles. The van der Waals surface area contributed by atoms with Gasteiger partial charge in [-0.25, -0.2) is 0 Å². The Hall–Kier alpha value is -0.992. The first-order valence-corrected chi connectivity index (χ1v) is 5.76. The van der Waals surface area contributed by atoms with Gasteiger partial charge in [-0.05, 0) is 0 Å². The van der Waals surface area contributed by atoms with E-state index in [0.717, 1.165) is 5.75 Å². The van der Waals surface area contributed by atoms with Crippen LogP contribution in [0.4, 0.5) is 0 Å². The van der Waals surface area contributed by atoms with Crippen molar-refractivity contribution in [3.05, 3.63) is 24.3 Å². The molecular formula is C10H9AsO. The fourth-order valence-electron chi connectivity index (χ4n) is 0.773. The molecule has 12 heavy (non-hydrogen) atoms. The predicted molar refractivity (Wildman–Crippen MR) is 53.3 cm³/mol. The van der Waals surface area contributed by atoms with Crippen molar-refractivity contribution in [3.63, 3.8) is 0 Å². The number of terminal acetylenes is 1. The third kappa shape index (κ3) is 2.56. The SMILES string of the molecule is C#CCOc1ccc([As]=C)cc1. The van der Waals surface area contributed by atoms with E-state index < -0.39 is 0 Å². The fraction of sp³-hybridized carbons (Fsp3) is 0.100. The van der Waals surface area contributed by atoms with Crippen LogP contribution < -0.4 is 9.09 Å². The number of hydrogen-bond acceptors (Lipinski definition) is 1. The van der Waals surface area contributed by atoms with Gasteiger partial charge in [-0.3, -0.25) is 0 Å². The standard InChI is InChI=1S/C10H9AsO/c1-3-8-12-10-6-4-9(11-2)5-7-10/h1,4-7H,2,8H2. The van der Waals surface area contributed by atoms with Gasteiger partial charge in [-0.2, -0.15) is 0 Å². The molecule has 0 fully saturated rings. The summed E-state index contributed by atoms with van der Waals surface area (Å²) in [7, 11) is 0. The van der Waals surface area contributed by atoms with E-state index in [0.29, 0.717) is 6.61 Å². The molecule has 0 radical (unpaired) electrons. The Bertz CT molecular complexity index is 295. The number of rotatable bonds is 3. The zero-order chi connectivity index (χ0) is 8.81. The molecule has 0 bridgehead atoms. The zero-order valence-electron chi connectivity index (χ0n) is 6.66. The molecule has 0 aliphatic carbocycles. The average Bonchev–Trinajstić information content (AvgIpc) is 2.15. The van der Waals surface area contributed by atoms with Crippen molar-refractivity contribution in [1.82, 2.24) is 0 Å². The molecule has 0 aromatic heterocycles. The summed E-state index contributed by atoms with van der Waals surface area (Å²) in [5, 5.41) is 3.87. The number of benzene rings is 1. The first kappa shape index (κ1) is 9.10. The molecule has 0 aliphatic rings. The molecule has 1 rings (SSSR count). The normalized spacial score (nSPS) is 9.25. The van der Waals surface area contributed by atoms with Crippen LogP contribution >= 0.6 is 0 Å². The summed E-state index contributed by atoms with van der Waals surface area (Å²) in [5.74, 6) is 3.24. The van der Waals surface area contributed by atoms with E-state index in [9.17, 15) is 0 Å². The van der Waals surface area contributed by atoms with Crippen molar-refractivity contribution in [2.75, 3.05) is 6.61 Å². The molecule has 0 saturated heterocycles. The second-order valence-electron chi connectivity index (χ2n) is 2.14. The molecular weight excluding hydrogens is 211 g/mol. The zero-order valence-corrected chi connectivity index (χ0v) is 8.53. The van der Waals surface area contributed by atoms with Crippen LogP contribution in [0.15, 0.2) is 24.3 Å². The van der Waals surface area contributed by atoms with Crippen molar-refractivity contribution in [2.45, 2.75) is 0 Å². The predicted octanol–water partition coefficient (Wildman–Crippen LogP) is 0.460. The van der Waals surface area contributed by atoms with Gasteiger partial charge in [0.2, 0.25) is 0 Å². The molecule has 60 valence electrons. The Morgan fingerprint density at radius 2 is 2.08 bits per heavy atom. The molecule has 0 heterocycles. The van der Waals surface area contributed by atoms with E-state index in [4.69, 9.17) is 11.2 Å². The van der Waals surface area contributed by atoms with Crippen LogP contribution in [-0.4, -0.2) is 27.2 Å². The van der Waals surface area contributed by atoms with Crippen molar-refractivity contribution in [2.24, 2.45) is 0 Å². The summed E-state index contributed by atoms with van der Waals surface area (Å²) >= 11 is 0.0647. The Labute approximate surface area is 79.0 Å². The first-order chi connectivity index (χ1) is 5.86. The van der Waals surface area contributed by atoms with Crippen molar-refractivity contribution >= 4 is 25.0 Å². The summed E-state index contributed by atoms with van der Waals surface area (Å²) in [6.45, 7) is 0.331. The molecule has 1 aromatic rings. The van der Waals surface area contributed by atoms with Gasteiger partial charge < -0.3 is 0 Å². The van der Waals surface area contributed by atoms with Crippen LogP contribution in [0.3, 0.4) is 0 Å². The van der Waals surface area contributed by atoms with E-state index in [1.165, 1.54) is 4.35 Å². The van der Waals surface area contributed by atoms with E-state index in [2.05, 4.69) is 11.2 Å². The minimum atomic E-state index is 0.0647. The molecule has 0 atom stereocenters. The molecule has 0 aliphatic heterocycles. The van der Waals surface area contributed by atoms with Crippen LogP contribution in [0.25, 0.3) is 0 Å². The third-order valence-electron chi connectivity index (χ3n) is 1.34. The summed E-state index contributed by atoms with van der Waals surface area (Å²) in [6.07, 6.45) is 5.05. The Kier molecular flexibility index (Phi) is 3.64. The van der Waals surface area contributed by atoms with Gasteiger partial charge in [0.15, 0.2) is 0 Å². The van der Waals surface area contributed by atoms with Crippen molar-refractivity contribution in [3.8, 4) is 18.1 Å². The fourth-order valence-corrected chi connectivity index (χ4v) is 1.53. The van der Waals surface area contributed by atoms with Crippen LogP contribution in [0.1, 0.15) is 0 Å².